The minimum Gasteiger partial charge on any atom is -0.508 e. The fourth-order valence-electron chi connectivity index (χ4n) is 4.71. The molecule has 3 aromatic carbocycles. The molecule has 6 nitrogen and oxygen atoms in total. The summed E-state index contributed by atoms with van der Waals surface area (Å²) in [6.07, 6.45) is 2.22. The Bertz CT molecular complexity index is 1120. The van der Waals surface area contributed by atoms with Crippen LogP contribution < -0.4 is 10.6 Å². The number of aliphatic hydroxyl groups is 2. The van der Waals surface area contributed by atoms with Gasteiger partial charge in [0.1, 0.15) is 5.75 Å². The fourth-order valence-corrected chi connectivity index (χ4v) is 4.71. The van der Waals surface area contributed by atoms with Gasteiger partial charge in [-0.1, -0.05) is 54.6 Å². The molecule has 6 heteroatoms. The summed E-state index contributed by atoms with van der Waals surface area (Å²) < 4.78 is 0. The molecular weight excluding hydrogens is 440 g/mol. The minimum atomic E-state index is -0.739. The van der Waals surface area contributed by atoms with Gasteiger partial charge in [-0.2, -0.15) is 0 Å². The molecule has 0 radical (unpaired) electrons. The highest BCUT2D eigenvalue weighted by Crippen LogP contribution is 2.23. The maximum atomic E-state index is 12.5. The largest absolute Gasteiger partial charge is 0.508 e. The van der Waals surface area contributed by atoms with Crippen molar-refractivity contribution in [1.29, 1.82) is 0 Å². The third-order valence-corrected chi connectivity index (χ3v) is 6.66. The topological polar surface area (TPSA) is 102 Å². The lowest BCUT2D eigenvalue weighted by atomic mass is 10.0. The Kier molecular flexibility index (Phi) is 8.18. The molecule has 1 amide bonds. The van der Waals surface area contributed by atoms with Gasteiger partial charge in [-0.05, 0) is 66.1 Å². The first kappa shape index (κ1) is 24.9. The number of aromatic hydroxyl groups is 1. The van der Waals surface area contributed by atoms with Crippen LogP contribution in [0, 0.1) is 0 Å². The molecule has 2 atom stereocenters. The predicted molar refractivity (Wildman–Crippen MR) is 136 cm³/mol. The van der Waals surface area contributed by atoms with Gasteiger partial charge >= 0.3 is 0 Å². The molecule has 0 aliphatic heterocycles. The summed E-state index contributed by atoms with van der Waals surface area (Å²) in [6, 6.07) is 21.6. The lowest BCUT2D eigenvalue weighted by Crippen LogP contribution is -2.36. The third-order valence-electron chi connectivity index (χ3n) is 6.66. The van der Waals surface area contributed by atoms with Crippen LogP contribution in [0.2, 0.25) is 0 Å². The van der Waals surface area contributed by atoms with E-state index in [1.54, 1.807) is 12.1 Å². The Morgan fingerprint density at radius 1 is 1.00 bits per heavy atom. The maximum absolute atomic E-state index is 12.5. The highest BCUT2D eigenvalue weighted by molar-refractivity contribution is 5.79. The molecule has 184 valence electrons. The molecule has 0 aromatic heterocycles. The quantitative estimate of drug-likeness (QED) is 0.311. The highest BCUT2D eigenvalue weighted by Gasteiger charge is 2.22. The van der Waals surface area contributed by atoms with E-state index in [9.17, 15) is 20.1 Å². The number of carbonyl (C=O) groups is 1. The number of nitrogens with one attached hydrogen (secondary N) is 2. The van der Waals surface area contributed by atoms with Gasteiger partial charge in [0.2, 0.25) is 5.91 Å². The van der Waals surface area contributed by atoms with Gasteiger partial charge in [0.05, 0.1) is 19.1 Å². The fraction of sp³-hybridized carbons (Fsp3) is 0.345. The van der Waals surface area contributed by atoms with Crippen LogP contribution in [0.1, 0.15) is 46.4 Å². The number of amides is 1. The van der Waals surface area contributed by atoms with Gasteiger partial charge in [-0.15, -0.1) is 0 Å². The molecule has 0 heterocycles. The molecule has 0 fully saturated rings. The summed E-state index contributed by atoms with van der Waals surface area (Å²) in [4.78, 5) is 12.5. The molecule has 4 rings (SSSR count). The Morgan fingerprint density at radius 2 is 1.66 bits per heavy atom. The van der Waals surface area contributed by atoms with Gasteiger partial charge in [-0.3, -0.25) is 4.79 Å². The second kappa shape index (κ2) is 11.5. The number of fused-ring (bicyclic) bond motifs is 1. The van der Waals surface area contributed by atoms with Crippen molar-refractivity contribution in [3.8, 4) is 5.75 Å². The lowest BCUT2D eigenvalue weighted by molar-refractivity contribution is -0.121. The zero-order valence-corrected chi connectivity index (χ0v) is 20.1. The number of hydrogen-bond donors (Lipinski definition) is 5. The number of benzene rings is 3. The molecule has 1 aliphatic carbocycles. The van der Waals surface area contributed by atoms with E-state index in [0.717, 1.165) is 30.4 Å². The van der Waals surface area contributed by atoms with Crippen molar-refractivity contribution >= 4 is 5.91 Å². The van der Waals surface area contributed by atoms with Crippen LogP contribution in [0.4, 0.5) is 0 Å². The summed E-state index contributed by atoms with van der Waals surface area (Å²) in [5, 5.41) is 35.9. The molecule has 35 heavy (non-hydrogen) atoms. The van der Waals surface area contributed by atoms with E-state index < -0.39 is 6.10 Å². The van der Waals surface area contributed by atoms with Crippen LogP contribution in [0.5, 0.6) is 5.75 Å². The Labute approximate surface area is 206 Å². The molecule has 0 unspecified atom stereocenters. The Morgan fingerprint density at radius 3 is 2.31 bits per heavy atom. The van der Waals surface area contributed by atoms with Crippen molar-refractivity contribution in [2.75, 3.05) is 6.54 Å². The van der Waals surface area contributed by atoms with E-state index in [4.69, 9.17) is 0 Å². The van der Waals surface area contributed by atoms with Crippen LogP contribution in [0.3, 0.4) is 0 Å². The molecular formula is C29H34N2O4. The van der Waals surface area contributed by atoms with Gasteiger partial charge in [0.25, 0.3) is 0 Å². The molecule has 5 N–H and O–H groups in total. The second-order valence-corrected chi connectivity index (χ2v) is 9.51. The number of rotatable bonds is 10. The predicted octanol–water partition coefficient (Wildman–Crippen LogP) is 2.96. The van der Waals surface area contributed by atoms with Crippen molar-refractivity contribution in [2.24, 2.45) is 0 Å². The summed E-state index contributed by atoms with van der Waals surface area (Å²) in [7, 11) is 0. The van der Waals surface area contributed by atoms with Crippen molar-refractivity contribution < 1.29 is 20.1 Å². The molecule has 0 saturated heterocycles. The van der Waals surface area contributed by atoms with Crippen LogP contribution in [-0.2, 0) is 37.1 Å². The first-order chi connectivity index (χ1) is 16.9. The van der Waals surface area contributed by atoms with E-state index in [2.05, 4.69) is 41.8 Å². The minimum absolute atomic E-state index is 0.0230. The number of aliphatic hydroxyl groups excluding tert-OH is 2. The Hall–Kier alpha value is -3.19. The van der Waals surface area contributed by atoms with Crippen LogP contribution in [-0.4, -0.2) is 39.9 Å². The highest BCUT2D eigenvalue weighted by atomic mass is 16.3. The van der Waals surface area contributed by atoms with Crippen LogP contribution in [0.15, 0.2) is 66.7 Å². The Balaban J connectivity index is 1.21. The maximum Gasteiger partial charge on any atom is 0.224 e. The van der Waals surface area contributed by atoms with Crippen molar-refractivity contribution in [3.63, 3.8) is 0 Å². The smallest absolute Gasteiger partial charge is 0.224 e. The summed E-state index contributed by atoms with van der Waals surface area (Å²) >= 11 is 0. The van der Waals surface area contributed by atoms with Crippen molar-refractivity contribution in [1.82, 2.24) is 10.6 Å². The van der Waals surface area contributed by atoms with E-state index >= 15 is 0 Å². The first-order valence-corrected chi connectivity index (χ1v) is 12.2. The summed E-state index contributed by atoms with van der Waals surface area (Å²) in [6.45, 7) is 2.15. The SMILES string of the molecule is C[C@H](Cc1ccc(CC(=O)NC2Cc3ccccc3C2)cc1)NC[C@H](O)c1ccc(O)c(CO)c1. The van der Waals surface area contributed by atoms with Crippen LogP contribution >= 0.6 is 0 Å². The van der Waals surface area contributed by atoms with Gasteiger partial charge in [0.15, 0.2) is 0 Å². The number of hydrogen-bond acceptors (Lipinski definition) is 5. The van der Waals surface area contributed by atoms with Gasteiger partial charge in [-0.25, -0.2) is 0 Å². The molecule has 3 aromatic rings. The third kappa shape index (κ3) is 6.69. The normalized spacial score (nSPS) is 14.9. The van der Waals surface area contributed by atoms with Crippen molar-refractivity contribution in [3.05, 3.63) is 100 Å². The summed E-state index contributed by atoms with van der Waals surface area (Å²) in [5.41, 5.74) is 5.85. The molecule has 1 aliphatic rings. The average molecular weight is 475 g/mol. The zero-order valence-electron chi connectivity index (χ0n) is 20.1. The van der Waals surface area contributed by atoms with E-state index in [1.165, 1.54) is 17.2 Å². The van der Waals surface area contributed by atoms with E-state index in [0.29, 0.717) is 24.1 Å². The first-order valence-electron chi connectivity index (χ1n) is 12.2. The number of carbonyl (C=O) groups excluding carboxylic acids is 1. The van der Waals surface area contributed by atoms with E-state index in [1.807, 2.05) is 24.3 Å². The molecule has 0 bridgehead atoms. The monoisotopic (exact) mass is 474 g/mol. The van der Waals surface area contributed by atoms with E-state index in [-0.39, 0.29) is 30.3 Å². The second-order valence-electron chi connectivity index (χ2n) is 9.51. The standard InChI is InChI=1S/C29H34N2O4/c1-19(30-17-28(34)24-10-11-27(33)25(14-24)18-32)12-20-6-8-21(9-7-20)13-29(35)31-26-15-22-4-2-3-5-23(22)16-26/h2-11,14,19,26,28,30,32-34H,12-13,15-18H2,1H3,(H,31,35)/t19-,28+/m1/s1. The van der Waals surface area contributed by atoms with Crippen molar-refractivity contribution in [2.45, 2.75) is 57.4 Å². The molecule has 0 spiro atoms. The van der Waals surface area contributed by atoms with Gasteiger partial charge in [0, 0.05) is 24.2 Å². The molecule has 0 saturated carbocycles. The zero-order chi connectivity index (χ0) is 24.8. The van der Waals surface area contributed by atoms with Gasteiger partial charge < -0.3 is 26.0 Å². The average Bonchev–Trinajstić information content (AvgIpc) is 3.26. The number of phenols is 1. The lowest BCUT2D eigenvalue weighted by Gasteiger charge is -2.18. The summed E-state index contributed by atoms with van der Waals surface area (Å²) in [5.74, 6) is 0.0768. The van der Waals surface area contributed by atoms with Crippen LogP contribution in [0.25, 0.3) is 0 Å².